The predicted molar refractivity (Wildman–Crippen MR) is 95.7 cm³/mol. The maximum absolute atomic E-state index is 11.7. The number of pyridine rings is 1. The Balaban J connectivity index is 1.93. The molecule has 4 nitrogen and oxygen atoms in total. The number of carbonyl (C=O) groups is 1. The van der Waals surface area contributed by atoms with Crippen LogP contribution in [0.2, 0.25) is 0 Å². The van der Waals surface area contributed by atoms with Crippen LogP contribution in [0.15, 0.2) is 59.0 Å². The Morgan fingerprint density at radius 3 is 2.75 bits per heavy atom. The molecule has 6 heteroatoms. The monoisotopic (exact) mass is 354 g/mol. The fraction of sp³-hybridized carbons (Fsp3) is 0.167. The van der Waals surface area contributed by atoms with E-state index >= 15 is 0 Å². The molecule has 24 heavy (non-hydrogen) atoms. The molecule has 3 rings (SSSR count). The number of aliphatic carboxylic acids is 1. The summed E-state index contributed by atoms with van der Waals surface area (Å²) in [7, 11) is 0. The van der Waals surface area contributed by atoms with E-state index in [1.807, 2.05) is 29.7 Å². The van der Waals surface area contributed by atoms with Crippen LogP contribution in [-0.4, -0.2) is 16.1 Å². The molecule has 0 unspecified atom stereocenters. The van der Waals surface area contributed by atoms with Gasteiger partial charge in [-0.1, -0.05) is 48.2 Å². The van der Waals surface area contributed by atoms with Crippen LogP contribution >= 0.6 is 23.5 Å². The highest BCUT2D eigenvalue weighted by Gasteiger charge is 2.24. The van der Waals surface area contributed by atoms with Gasteiger partial charge in [-0.2, -0.15) is 5.26 Å². The van der Waals surface area contributed by atoms with Gasteiger partial charge >= 0.3 is 5.97 Å². The molecule has 0 saturated carbocycles. The van der Waals surface area contributed by atoms with Gasteiger partial charge in [0.1, 0.15) is 16.3 Å². The molecule has 1 N–H and O–H groups in total. The molecule has 1 aliphatic heterocycles. The third-order valence-electron chi connectivity index (χ3n) is 3.58. The first-order valence-electron chi connectivity index (χ1n) is 7.35. The van der Waals surface area contributed by atoms with Gasteiger partial charge in [0, 0.05) is 0 Å². The van der Waals surface area contributed by atoms with Gasteiger partial charge in [0.05, 0.1) is 16.5 Å². The molecule has 2 atom stereocenters. The van der Waals surface area contributed by atoms with Gasteiger partial charge in [-0.25, -0.2) is 4.98 Å². The van der Waals surface area contributed by atoms with Crippen LogP contribution in [0.4, 0.5) is 0 Å². The lowest BCUT2D eigenvalue weighted by molar-refractivity contribution is -0.136. The zero-order valence-electron chi connectivity index (χ0n) is 12.6. The normalized spacial score (nSPS) is 17.4. The van der Waals surface area contributed by atoms with E-state index in [1.54, 1.807) is 30.0 Å². The van der Waals surface area contributed by atoms with Crippen molar-refractivity contribution in [3.63, 3.8) is 0 Å². The minimum absolute atomic E-state index is 0.233. The van der Waals surface area contributed by atoms with Crippen LogP contribution in [0.5, 0.6) is 0 Å². The minimum Gasteiger partial charge on any atom is -0.480 e. The lowest BCUT2D eigenvalue weighted by Crippen LogP contribution is -2.09. The first kappa shape index (κ1) is 16.6. The molecular formula is C18H14N2O2S2. The van der Waals surface area contributed by atoms with Gasteiger partial charge in [-0.15, -0.1) is 11.8 Å². The molecular weight excluding hydrogens is 340 g/mol. The Kier molecular flexibility index (Phi) is 5.24. The van der Waals surface area contributed by atoms with Crippen LogP contribution < -0.4 is 0 Å². The lowest BCUT2D eigenvalue weighted by Gasteiger charge is -2.15. The average Bonchev–Trinajstić information content (AvgIpc) is 3.14. The number of nitrogens with zero attached hydrogens (tertiary/aromatic N) is 2. The van der Waals surface area contributed by atoms with Crippen LogP contribution in [0.3, 0.4) is 0 Å². The molecule has 0 bridgehead atoms. The number of thioether (sulfide) groups is 2. The van der Waals surface area contributed by atoms with Crippen molar-refractivity contribution in [3.05, 3.63) is 70.8 Å². The number of benzene rings is 1. The SMILES string of the molecule is N#Cc1ccc([C@@H]2CC=CS2)nc1S[C@H](C(=O)O)c1ccccc1. The smallest absolute Gasteiger partial charge is 0.321 e. The van der Waals surface area contributed by atoms with Crippen molar-refractivity contribution >= 4 is 29.5 Å². The topological polar surface area (TPSA) is 74.0 Å². The Bertz CT molecular complexity index is 808. The van der Waals surface area contributed by atoms with E-state index < -0.39 is 11.2 Å². The summed E-state index contributed by atoms with van der Waals surface area (Å²) >= 11 is 2.80. The number of rotatable bonds is 5. The molecule has 0 amide bonds. The van der Waals surface area contributed by atoms with Crippen molar-refractivity contribution in [1.82, 2.24) is 4.98 Å². The quantitative estimate of drug-likeness (QED) is 0.793. The maximum Gasteiger partial charge on any atom is 0.321 e. The Hall–Kier alpha value is -2.23. The van der Waals surface area contributed by atoms with E-state index in [0.29, 0.717) is 16.2 Å². The molecule has 120 valence electrons. The Morgan fingerprint density at radius 2 is 2.12 bits per heavy atom. The van der Waals surface area contributed by atoms with Crippen molar-refractivity contribution in [2.45, 2.75) is 21.9 Å². The van der Waals surface area contributed by atoms with Crippen molar-refractivity contribution in [2.75, 3.05) is 0 Å². The number of allylic oxidation sites excluding steroid dienone is 1. The Morgan fingerprint density at radius 1 is 1.33 bits per heavy atom. The number of carboxylic acids is 1. The van der Waals surface area contributed by atoms with E-state index in [-0.39, 0.29) is 5.25 Å². The summed E-state index contributed by atoms with van der Waals surface area (Å²) in [5, 5.41) is 20.9. The molecule has 0 saturated heterocycles. The molecule has 0 fully saturated rings. The third-order valence-corrected chi connectivity index (χ3v) is 5.93. The van der Waals surface area contributed by atoms with Gasteiger partial charge in [-0.3, -0.25) is 4.79 Å². The van der Waals surface area contributed by atoms with Gasteiger partial charge in [0.25, 0.3) is 0 Å². The Labute approximate surface area is 148 Å². The highest BCUT2D eigenvalue weighted by atomic mass is 32.2. The average molecular weight is 354 g/mol. The first-order chi connectivity index (χ1) is 11.7. The summed E-state index contributed by atoms with van der Waals surface area (Å²) in [6, 6.07) is 14.7. The van der Waals surface area contributed by atoms with Crippen LogP contribution in [0.1, 0.15) is 33.7 Å². The van der Waals surface area contributed by atoms with E-state index in [1.165, 1.54) is 0 Å². The third kappa shape index (κ3) is 3.64. The molecule has 2 heterocycles. The second-order valence-electron chi connectivity index (χ2n) is 5.18. The van der Waals surface area contributed by atoms with Crippen molar-refractivity contribution in [3.8, 4) is 6.07 Å². The van der Waals surface area contributed by atoms with Crippen LogP contribution in [0.25, 0.3) is 0 Å². The summed E-state index contributed by atoms with van der Waals surface area (Å²) in [6.45, 7) is 0. The largest absolute Gasteiger partial charge is 0.480 e. The highest BCUT2D eigenvalue weighted by molar-refractivity contribution is 8.02. The summed E-state index contributed by atoms with van der Waals surface area (Å²) < 4.78 is 0. The summed E-state index contributed by atoms with van der Waals surface area (Å²) in [6.07, 6.45) is 2.99. The van der Waals surface area contributed by atoms with E-state index in [9.17, 15) is 15.2 Å². The predicted octanol–water partition coefficient (Wildman–Crippen LogP) is 4.56. The van der Waals surface area contributed by atoms with Crippen molar-refractivity contribution in [2.24, 2.45) is 0 Å². The van der Waals surface area contributed by atoms with E-state index in [4.69, 9.17) is 0 Å². The zero-order chi connectivity index (χ0) is 16.9. The van der Waals surface area contributed by atoms with Crippen LogP contribution in [0, 0.1) is 11.3 Å². The molecule has 0 spiro atoms. The maximum atomic E-state index is 11.7. The number of hydrogen-bond donors (Lipinski definition) is 1. The summed E-state index contributed by atoms with van der Waals surface area (Å²) in [4.78, 5) is 16.3. The number of nitriles is 1. The van der Waals surface area contributed by atoms with E-state index in [2.05, 4.69) is 17.1 Å². The second kappa shape index (κ2) is 7.56. The van der Waals surface area contributed by atoms with Crippen molar-refractivity contribution in [1.29, 1.82) is 5.26 Å². The van der Waals surface area contributed by atoms with Gasteiger partial charge in [0.2, 0.25) is 0 Å². The second-order valence-corrected chi connectivity index (χ2v) is 7.39. The van der Waals surface area contributed by atoms with Gasteiger partial charge < -0.3 is 5.11 Å². The molecule has 1 aromatic carbocycles. The van der Waals surface area contributed by atoms with Crippen molar-refractivity contribution < 1.29 is 9.90 Å². The number of hydrogen-bond acceptors (Lipinski definition) is 5. The van der Waals surface area contributed by atoms with Crippen LogP contribution in [-0.2, 0) is 4.79 Å². The standard InChI is InChI=1S/C18H14N2O2S2/c19-11-13-8-9-14(15-7-4-10-23-15)20-17(13)24-16(18(21)22)12-5-2-1-3-6-12/h1-6,8-10,15-16H,7H2,(H,21,22)/t15-,16-/m0/s1. The fourth-order valence-corrected chi connectivity index (χ4v) is 4.31. The molecule has 1 aliphatic rings. The highest BCUT2D eigenvalue weighted by Crippen LogP contribution is 2.40. The fourth-order valence-electron chi connectivity index (χ4n) is 2.39. The molecule has 0 aliphatic carbocycles. The summed E-state index contributed by atoms with van der Waals surface area (Å²) in [5.41, 5.74) is 1.97. The van der Waals surface area contributed by atoms with Gasteiger partial charge in [0.15, 0.2) is 0 Å². The number of aromatic nitrogens is 1. The number of carboxylic acid groups (broad SMARTS) is 1. The molecule has 1 aromatic heterocycles. The minimum atomic E-state index is -0.945. The molecule has 2 aromatic rings. The van der Waals surface area contributed by atoms with E-state index in [0.717, 1.165) is 23.9 Å². The van der Waals surface area contributed by atoms with Gasteiger partial charge in [-0.05, 0) is 29.5 Å². The summed E-state index contributed by atoms with van der Waals surface area (Å²) in [5.74, 6) is -0.945. The first-order valence-corrected chi connectivity index (χ1v) is 9.17. The lowest BCUT2D eigenvalue weighted by atomic mass is 10.1. The molecule has 0 radical (unpaired) electrons. The zero-order valence-corrected chi connectivity index (χ0v) is 14.3.